The SMILES string of the molecule is CC#CCN1C(=O)NC(=O)C(CCC)C1=O. The zero-order chi connectivity index (χ0) is 12.1. The van der Waals surface area contributed by atoms with Crippen molar-refractivity contribution >= 4 is 17.8 Å². The maximum Gasteiger partial charge on any atom is 0.331 e. The number of nitrogens with zero attached hydrogens (tertiary/aromatic N) is 1. The van der Waals surface area contributed by atoms with E-state index in [1.807, 2.05) is 6.92 Å². The molecule has 1 unspecified atom stereocenters. The van der Waals surface area contributed by atoms with E-state index in [4.69, 9.17) is 0 Å². The zero-order valence-corrected chi connectivity index (χ0v) is 9.37. The molecule has 1 atom stereocenters. The van der Waals surface area contributed by atoms with Crippen LogP contribution in [0.5, 0.6) is 0 Å². The molecule has 1 heterocycles. The van der Waals surface area contributed by atoms with Crippen LogP contribution in [-0.2, 0) is 9.59 Å². The molecule has 86 valence electrons. The van der Waals surface area contributed by atoms with E-state index >= 15 is 0 Å². The summed E-state index contributed by atoms with van der Waals surface area (Å²) in [7, 11) is 0. The summed E-state index contributed by atoms with van der Waals surface area (Å²) in [5, 5.41) is 2.16. The van der Waals surface area contributed by atoms with Crippen LogP contribution in [-0.4, -0.2) is 29.3 Å². The lowest BCUT2D eigenvalue weighted by Gasteiger charge is -2.28. The number of hydrogen-bond donors (Lipinski definition) is 1. The van der Waals surface area contributed by atoms with Crippen LogP contribution >= 0.6 is 0 Å². The highest BCUT2D eigenvalue weighted by molar-refractivity contribution is 6.16. The maximum atomic E-state index is 11.8. The third kappa shape index (κ3) is 2.40. The summed E-state index contributed by atoms with van der Waals surface area (Å²) in [5.74, 6) is 3.55. The number of rotatable bonds is 3. The van der Waals surface area contributed by atoms with Gasteiger partial charge in [0.15, 0.2) is 0 Å². The van der Waals surface area contributed by atoms with Crippen LogP contribution in [0.25, 0.3) is 0 Å². The summed E-state index contributed by atoms with van der Waals surface area (Å²) in [6.07, 6.45) is 1.17. The Kier molecular flexibility index (Phi) is 4.06. The topological polar surface area (TPSA) is 66.5 Å². The van der Waals surface area contributed by atoms with Gasteiger partial charge in [-0.25, -0.2) is 4.79 Å². The molecule has 0 aromatic carbocycles. The summed E-state index contributed by atoms with van der Waals surface area (Å²) in [4.78, 5) is 35.6. The third-order valence-corrected chi connectivity index (χ3v) is 2.35. The van der Waals surface area contributed by atoms with E-state index in [2.05, 4.69) is 17.2 Å². The molecule has 1 N–H and O–H groups in total. The van der Waals surface area contributed by atoms with Crippen LogP contribution < -0.4 is 5.32 Å². The first-order valence-electron chi connectivity index (χ1n) is 5.17. The van der Waals surface area contributed by atoms with E-state index in [0.717, 1.165) is 4.90 Å². The Labute approximate surface area is 94.2 Å². The van der Waals surface area contributed by atoms with Gasteiger partial charge in [0.25, 0.3) is 0 Å². The average Bonchev–Trinajstić information content (AvgIpc) is 2.24. The molecule has 1 aliphatic heterocycles. The van der Waals surface area contributed by atoms with Crippen LogP contribution in [0, 0.1) is 17.8 Å². The van der Waals surface area contributed by atoms with Crippen molar-refractivity contribution in [1.29, 1.82) is 0 Å². The van der Waals surface area contributed by atoms with E-state index in [0.29, 0.717) is 12.8 Å². The molecule has 16 heavy (non-hydrogen) atoms. The van der Waals surface area contributed by atoms with Crippen molar-refractivity contribution in [1.82, 2.24) is 10.2 Å². The van der Waals surface area contributed by atoms with Crippen molar-refractivity contribution in [2.45, 2.75) is 26.7 Å². The summed E-state index contributed by atoms with van der Waals surface area (Å²) >= 11 is 0. The molecule has 4 amide bonds. The van der Waals surface area contributed by atoms with Gasteiger partial charge < -0.3 is 0 Å². The first-order chi connectivity index (χ1) is 7.61. The molecule has 1 fully saturated rings. The Morgan fingerprint density at radius 1 is 1.38 bits per heavy atom. The minimum atomic E-state index is -0.749. The smallest absolute Gasteiger partial charge is 0.277 e. The summed E-state index contributed by atoms with van der Waals surface area (Å²) < 4.78 is 0. The van der Waals surface area contributed by atoms with Gasteiger partial charge in [0, 0.05) is 0 Å². The Morgan fingerprint density at radius 2 is 2.06 bits per heavy atom. The monoisotopic (exact) mass is 222 g/mol. The minimum Gasteiger partial charge on any atom is -0.277 e. The predicted octanol–water partition coefficient (Wildman–Crippen LogP) is 0.504. The summed E-state index contributed by atoms with van der Waals surface area (Å²) in [6, 6.07) is -0.676. The van der Waals surface area contributed by atoms with Gasteiger partial charge in [-0.05, 0) is 13.3 Å². The number of nitrogens with one attached hydrogen (secondary N) is 1. The first kappa shape index (κ1) is 12.2. The number of carbonyl (C=O) groups is 3. The number of carbonyl (C=O) groups excluding carboxylic acids is 3. The van der Waals surface area contributed by atoms with E-state index in [-0.39, 0.29) is 6.54 Å². The van der Waals surface area contributed by atoms with Crippen molar-refractivity contribution in [3.8, 4) is 11.8 Å². The molecular formula is C11H14N2O3. The Balaban J connectivity index is 2.83. The van der Waals surface area contributed by atoms with Gasteiger partial charge in [-0.3, -0.25) is 19.8 Å². The number of imide groups is 2. The second-order valence-corrected chi connectivity index (χ2v) is 3.49. The molecular weight excluding hydrogens is 208 g/mol. The van der Waals surface area contributed by atoms with E-state index < -0.39 is 23.8 Å². The zero-order valence-electron chi connectivity index (χ0n) is 9.37. The highest BCUT2D eigenvalue weighted by Gasteiger charge is 2.39. The van der Waals surface area contributed by atoms with Crippen molar-refractivity contribution in [3.05, 3.63) is 0 Å². The van der Waals surface area contributed by atoms with Gasteiger partial charge in [-0.2, -0.15) is 0 Å². The molecule has 5 nitrogen and oxygen atoms in total. The molecule has 1 aliphatic rings. The Bertz CT molecular complexity index is 378. The molecule has 1 rings (SSSR count). The summed E-state index contributed by atoms with van der Waals surface area (Å²) in [6.45, 7) is 3.54. The van der Waals surface area contributed by atoms with Gasteiger partial charge in [0.2, 0.25) is 11.8 Å². The van der Waals surface area contributed by atoms with Crippen molar-refractivity contribution in [3.63, 3.8) is 0 Å². The fraction of sp³-hybridized carbons (Fsp3) is 0.545. The lowest BCUT2D eigenvalue weighted by molar-refractivity contribution is -0.142. The van der Waals surface area contributed by atoms with E-state index in [1.165, 1.54) is 0 Å². The minimum absolute atomic E-state index is 0.0364. The Morgan fingerprint density at radius 3 is 2.62 bits per heavy atom. The highest BCUT2D eigenvalue weighted by Crippen LogP contribution is 2.15. The van der Waals surface area contributed by atoms with Gasteiger partial charge >= 0.3 is 6.03 Å². The van der Waals surface area contributed by atoms with Gasteiger partial charge in [0.1, 0.15) is 5.92 Å². The van der Waals surface area contributed by atoms with Crippen molar-refractivity contribution < 1.29 is 14.4 Å². The van der Waals surface area contributed by atoms with Gasteiger partial charge in [-0.1, -0.05) is 19.3 Å². The quantitative estimate of drug-likeness (QED) is 0.558. The van der Waals surface area contributed by atoms with Crippen LogP contribution in [0.4, 0.5) is 4.79 Å². The first-order valence-corrected chi connectivity index (χ1v) is 5.17. The molecule has 1 saturated heterocycles. The van der Waals surface area contributed by atoms with Crippen molar-refractivity contribution in [2.24, 2.45) is 5.92 Å². The fourth-order valence-corrected chi connectivity index (χ4v) is 1.51. The highest BCUT2D eigenvalue weighted by atomic mass is 16.2. The van der Waals surface area contributed by atoms with Gasteiger partial charge in [-0.15, -0.1) is 5.92 Å². The fourth-order valence-electron chi connectivity index (χ4n) is 1.51. The number of amides is 4. The number of hydrogen-bond acceptors (Lipinski definition) is 3. The third-order valence-electron chi connectivity index (χ3n) is 2.35. The lowest BCUT2D eigenvalue weighted by Crippen LogP contribution is -2.57. The molecule has 0 aromatic rings. The number of barbiturate groups is 1. The molecule has 0 aliphatic carbocycles. The Hall–Kier alpha value is -1.83. The summed E-state index contributed by atoms with van der Waals surface area (Å²) in [5.41, 5.74) is 0. The second kappa shape index (κ2) is 5.31. The second-order valence-electron chi connectivity index (χ2n) is 3.49. The molecule has 5 heteroatoms. The average molecular weight is 222 g/mol. The maximum absolute atomic E-state index is 11.8. The number of urea groups is 1. The van der Waals surface area contributed by atoms with Gasteiger partial charge in [0.05, 0.1) is 6.54 Å². The largest absolute Gasteiger partial charge is 0.331 e. The van der Waals surface area contributed by atoms with Crippen LogP contribution in [0.1, 0.15) is 26.7 Å². The standard InChI is InChI=1S/C11H14N2O3/c1-3-5-7-13-10(15)8(6-4-2)9(14)12-11(13)16/h8H,4,6-7H2,1-2H3,(H,12,14,16). The molecule has 0 bridgehead atoms. The van der Waals surface area contributed by atoms with E-state index in [9.17, 15) is 14.4 Å². The van der Waals surface area contributed by atoms with Crippen LogP contribution in [0.2, 0.25) is 0 Å². The van der Waals surface area contributed by atoms with E-state index in [1.54, 1.807) is 6.92 Å². The predicted molar refractivity (Wildman–Crippen MR) is 57.1 cm³/mol. The lowest BCUT2D eigenvalue weighted by atomic mass is 9.99. The molecule has 0 aromatic heterocycles. The van der Waals surface area contributed by atoms with Crippen LogP contribution in [0.15, 0.2) is 0 Å². The van der Waals surface area contributed by atoms with Crippen molar-refractivity contribution in [2.75, 3.05) is 6.54 Å². The van der Waals surface area contributed by atoms with Crippen LogP contribution in [0.3, 0.4) is 0 Å². The molecule has 0 saturated carbocycles. The molecule has 0 radical (unpaired) electrons. The molecule has 0 spiro atoms. The normalized spacial score (nSPS) is 20.2.